The Kier molecular flexibility index (Phi) is 2.13. The van der Waals surface area contributed by atoms with Gasteiger partial charge in [-0.3, -0.25) is 0 Å². The van der Waals surface area contributed by atoms with Gasteiger partial charge in [0.1, 0.15) is 11.3 Å². The van der Waals surface area contributed by atoms with Crippen molar-refractivity contribution in [3.8, 4) is 0 Å². The Morgan fingerprint density at radius 3 is 2.81 bits per heavy atom. The van der Waals surface area contributed by atoms with Gasteiger partial charge in [-0.1, -0.05) is 48.6 Å². The number of rotatable bonds is 0. The molecule has 0 fully saturated rings. The van der Waals surface area contributed by atoms with Crippen LogP contribution < -0.4 is 0 Å². The number of benzene rings is 2. The fourth-order valence-electron chi connectivity index (χ4n) is 3.69. The monoisotopic (exact) mass is 290 g/mol. The molecule has 102 valence electrons. The molecule has 0 spiro atoms. The standard InChI is InChI=1S/C19H14OS/c1-19-14-7-3-5-9-16(14)21-17(19)11-10-13-12-6-2-4-8-15(12)20-18(13)19/h2-11,17H,1H3. The summed E-state index contributed by atoms with van der Waals surface area (Å²) in [5.41, 5.74) is 3.57. The van der Waals surface area contributed by atoms with Crippen molar-refractivity contribution in [1.29, 1.82) is 0 Å². The van der Waals surface area contributed by atoms with Gasteiger partial charge < -0.3 is 4.42 Å². The van der Waals surface area contributed by atoms with Gasteiger partial charge in [0.05, 0.1) is 5.41 Å². The molecule has 2 unspecified atom stereocenters. The van der Waals surface area contributed by atoms with Crippen LogP contribution in [-0.2, 0) is 5.41 Å². The molecule has 1 aliphatic heterocycles. The van der Waals surface area contributed by atoms with E-state index in [1.54, 1.807) is 0 Å². The van der Waals surface area contributed by atoms with E-state index in [1.165, 1.54) is 21.4 Å². The predicted molar refractivity (Wildman–Crippen MR) is 87.8 cm³/mol. The predicted octanol–water partition coefficient (Wildman–Crippen LogP) is 5.24. The van der Waals surface area contributed by atoms with Gasteiger partial charge in [-0.2, -0.15) is 0 Å². The Hall–Kier alpha value is -1.93. The minimum Gasteiger partial charge on any atom is -0.459 e. The van der Waals surface area contributed by atoms with Gasteiger partial charge in [0.15, 0.2) is 0 Å². The Morgan fingerprint density at radius 1 is 1.05 bits per heavy atom. The van der Waals surface area contributed by atoms with Crippen molar-refractivity contribution in [2.24, 2.45) is 0 Å². The first-order valence-electron chi connectivity index (χ1n) is 7.25. The molecule has 1 aliphatic carbocycles. The van der Waals surface area contributed by atoms with Crippen LogP contribution >= 0.6 is 11.8 Å². The van der Waals surface area contributed by atoms with Gasteiger partial charge in [-0.25, -0.2) is 0 Å². The van der Waals surface area contributed by atoms with Crippen LogP contribution in [0.5, 0.6) is 0 Å². The second-order valence-electron chi connectivity index (χ2n) is 5.94. The molecule has 2 heterocycles. The Bertz CT molecular complexity index is 905. The Labute approximate surface area is 127 Å². The highest BCUT2D eigenvalue weighted by molar-refractivity contribution is 8.00. The molecule has 1 aromatic heterocycles. The van der Waals surface area contributed by atoms with Crippen molar-refractivity contribution in [2.75, 3.05) is 0 Å². The van der Waals surface area contributed by atoms with E-state index < -0.39 is 0 Å². The number of thioether (sulfide) groups is 1. The number of para-hydroxylation sites is 1. The summed E-state index contributed by atoms with van der Waals surface area (Å²) in [6.07, 6.45) is 4.58. The van der Waals surface area contributed by atoms with Crippen LogP contribution in [-0.4, -0.2) is 5.25 Å². The second kappa shape index (κ2) is 3.83. The number of furan rings is 1. The zero-order chi connectivity index (χ0) is 14.0. The second-order valence-corrected chi connectivity index (χ2v) is 7.12. The molecule has 0 radical (unpaired) electrons. The third-order valence-corrected chi connectivity index (χ3v) is 6.31. The molecule has 0 N–H and O–H groups in total. The molecule has 3 aromatic rings. The molecule has 2 heteroatoms. The Morgan fingerprint density at radius 2 is 1.86 bits per heavy atom. The average molecular weight is 290 g/mol. The van der Waals surface area contributed by atoms with Gasteiger partial charge in [0.2, 0.25) is 0 Å². The molecule has 1 nitrogen and oxygen atoms in total. The fourth-order valence-corrected chi connectivity index (χ4v) is 5.15. The van der Waals surface area contributed by atoms with Gasteiger partial charge in [0.25, 0.3) is 0 Å². The summed E-state index contributed by atoms with van der Waals surface area (Å²) in [5, 5.41) is 1.64. The van der Waals surface area contributed by atoms with Crippen LogP contribution in [0.25, 0.3) is 17.0 Å². The minimum absolute atomic E-state index is 0.0651. The summed E-state index contributed by atoms with van der Waals surface area (Å²) in [4.78, 5) is 1.38. The van der Waals surface area contributed by atoms with Crippen LogP contribution in [0.2, 0.25) is 0 Å². The molecule has 2 atom stereocenters. The third-order valence-electron chi connectivity index (χ3n) is 4.81. The lowest BCUT2D eigenvalue weighted by molar-refractivity contribution is 0.434. The molecule has 21 heavy (non-hydrogen) atoms. The van der Waals surface area contributed by atoms with Gasteiger partial charge in [-0.05, 0) is 24.6 Å². The summed E-state index contributed by atoms with van der Waals surface area (Å²) >= 11 is 1.95. The Balaban J connectivity index is 1.88. The maximum absolute atomic E-state index is 6.30. The average Bonchev–Trinajstić information content (AvgIpc) is 3.03. The first-order valence-corrected chi connectivity index (χ1v) is 8.13. The number of fused-ring (bicyclic) bond motifs is 7. The summed E-state index contributed by atoms with van der Waals surface area (Å²) in [7, 11) is 0. The van der Waals surface area contributed by atoms with Crippen LogP contribution in [0.1, 0.15) is 23.8 Å². The largest absolute Gasteiger partial charge is 0.459 e. The van der Waals surface area contributed by atoms with Crippen LogP contribution in [0, 0.1) is 0 Å². The van der Waals surface area contributed by atoms with Gasteiger partial charge >= 0.3 is 0 Å². The molecule has 5 rings (SSSR count). The SMILES string of the molecule is CC12c3ccccc3SC1C=Cc1c2oc2ccccc12. The van der Waals surface area contributed by atoms with Crippen LogP contribution in [0.4, 0.5) is 0 Å². The molecule has 2 aliphatic rings. The summed E-state index contributed by atoms with van der Waals surface area (Å²) in [5.74, 6) is 1.12. The molecular formula is C19H14OS. The van der Waals surface area contributed by atoms with E-state index in [0.717, 1.165) is 11.3 Å². The van der Waals surface area contributed by atoms with E-state index >= 15 is 0 Å². The van der Waals surface area contributed by atoms with Crippen molar-refractivity contribution in [2.45, 2.75) is 22.5 Å². The van der Waals surface area contributed by atoms with E-state index in [-0.39, 0.29) is 5.41 Å². The van der Waals surface area contributed by atoms with E-state index in [4.69, 9.17) is 4.42 Å². The fraction of sp³-hybridized carbons (Fsp3) is 0.158. The van der Waals surface area contributed by atoms with Crippen molar-refractivity contribution in [1.82, 2.24) is 0 Å². The van der Waals surface area contributed by atoms with E-state index in [2.05, 4.69) is 61.5 Å². The van der Waals surface area contributed by atoms with Crippen molar-refractivity contribution in [3.63, 3.8) is 0 Å². The highest BCUT2D eigenvalue weighted by atomic mass is 32.2. The lowest BCUT2D eigenvalue weighted by Gasteiger charge is -2.31. The van der Waals surface area contributed by atoms with E-state index in [1.807, 2.05) is 17.8 Å². The topological polar surface area (TPSA) is 13.1 Å². The zero-order valence-corrected chi connectivity index (χ0v) is 12.5. The highest BCUT2D eigenvalue weighted by Crippen LogP contribution is 2.57. The smallest absolute Gasteiger partial charge is 0.134 e. The summed E-state index contributed by atoms with van der Waals surface area (Å²) < 4.78 is 6.30. The molecular weight excluding hydrogens is 276 g/mol. The van der Waals surface area contributed by atoms with Crippen LogP contribution in [0.15, 0.2) is 63.9 Å². The number of hydrogen-bond acceptors (Lipinski definition) is 2. The zero-order valence-electron chi connectivity index (χ0n) is 11.7. The van der Waals surface area contributed by atoms with Crippen molar-refractivity contribution in [3.05, 3.63) is 71.5 Å². The van der Waals surface area contributed by atoms with Crippen molar-refractivity contribution < 1.29 is 4.42 Å². The van der Waals surface area contributed by atoms with Crippen LogP contribution in [0.3, 0.4) is 0 Å². The lowest BCUT2D eigenvalue weighted by atomic mass is 9.73. The third kappa shape index (κ3) is 1.34. The lowest BCUT2D eigenvalue weighted by Crippen LogP contribution is -2.32. The maximum atomic E-state index is 6.30. The molecule has 0 bridgehead atoms. The van der Waals surface area contributed by atoms with Gasteiger partial charge in [0, 0.05) is 21.1 Å². The normalized spacial score (nSPS) is 25.7. The summed E-state index contributed by atoms with van der Waals surface area (Å²) in [6.45, 7) is 2.32. The molecule has 0 saturated carbocycles. The molecule has 0 saturated heterocycles. The van der Waals surface area contributed by atoms with Gasteiger partial charge in [-0.15, -0.1) is 11.8 Å². The quantitative estimate of drug-likeness (QED) is 0.561. The first-order chi connectivity index (χ1) is 10.3. The summed E-state index contributed by atoms with van der Waals surface area (Å²) in [6, 6.07) is 17.1. The molecule has 2 aromatic carbocycles. The van der Waals surface area contributed by atoms with E-state index in [9.17, 15) is 0 Å². The van der Waals surface area contributed by atoms with E-state index in [0.29, 0.717) is 5.25 Å². The maximum Gasteiger partial charge on any atom is 0.134 e. The molecule has 0 amide bonds. The minimum atomic E-state index is -0.0651. The first kappa shape index (κ1) is 11.7. The number of hydrogen-bond donors (Lipinski definition) is 0. The van der Waals surface area contributed by atoms with Crippen molar-refractivity contribution >= 4 is 28.8 Å². The highest BCUT2D eigenvalue weighted by Gasteiger charge is 2.49.